The second-order valence-corrected chi connectivity index (χ2v) is 7.87. The van der Waals surface area contributed by atoms with Crippen LogP contribution in [-0.4, -0.2) is 53.2 Å². The van der Waals surface area contributed by atoms with Crippen molar-refractivity contribution in [3.63, 3.8) is 0 Å². The zero-order chi connectivity index (χ0) is 17.9. The van der Waals surface area contributed by atoms with E-state index in [1.807, 2.05) is 6.92 Å². The number of aromatic nitrogens is 2. The van der Waals surface area contributed by atoms with Crippen LogP contribution in [0.25, 0.3) is 0 Å². The van der Waals surface area contributed by atoms with E-state index < -0.39 is 0 Å². The van der Waals surface area contributed by atoms with E-state index in [1.165, 1.54) is 11.3 Å². The Bertz CT molecular complexity index is 602. The fraction of sp³-hybridized carbons (Fsp3) is 0.750. The molecule has 1 fully saturated rings. The lowest BCUT2D eigenvalue weighted by Crippen LogP contribution is -2.38. The van der Waals surface area contributed by atoms with Crippen molar-refractivity contribution in [2.75, 3.05) is 25.6 Å². The summed E-state index contributed by atoms with van der Waals surface area (Å²) in [6.07, 6.45) is 1.17. The quantitative estimate of drug-likeness (QED) is 0.810. The van der Waals surface area contributed by atoms with Gasteiger partial charge in [0, 0.05) is 25.5 Å². The summed E-state index contributed by atoms with van der Waals surface area (Å²) in [4.78, 5) is 26.2. The molecule has 0 aromatic carbocycles. The summed E-state index contributed by atoms with van der Waals surface area (Å²) in [5, 5.41) is 12.4. The first-order valence-electron chi connectivity index (χ1n) is 8.21. The van der Waals surface area contributed by atoms with E-state index >= 15 is 0 Å². The van der Waals surface area contributed by atoms with Crippen LogP contribution >= 0.6 is 11.3 Å². The van der Waals surface area contributed by atoms with E-state index in [1.54, 1.807) is 12.0 Å². The average molecular weight is 354 g/mol. The lowest BCUT2D eigenvalue weighted by atomic mass is 9.91. The number of nitrogens with zero attached hydrogens (tertiary/aromatic N) is 3. The van der Waals surface area contributed by atoms with Crippen LogP contribution < -0.4 is 5.32 Å². The Labute approximate surface area is 146 Å². The Morgan fingerprint density at radius 1 is 1.50 bits per heavy atom. The van der Waals surface area contributed by atoms with Crippen LogP contribution in [0.1, 0.15) is 45.5 Å². The first kappa shape index (κ1) is 18.8. The summed E-state index contributed by atoms with van der Waals surface area (Å²) < 4.78 is 5.09. The van der Waals surface area contributed by atoms with Crippen LogP contribution in [-0.2, 0) is 19.7 Å². The molecular formula is C16H26N4O3S. The summed E-state index contributed by atoms with van der Waals surface area (Å²) in [5.41, 5.74) is -0.0592. The first-order valence-corrected chi connectivity index (χ1v) is 9.03. The lowest BCUT2D eigenvalue weighted by molar-refractivity contribution is -0.130. The van der Waals surface area contributed by atoms with E-state index in [4.69, 9.17) is 4.74 Å². The number of anilines is 1. The molecule has 0 bridgehead atoms. The number of rotatable bonds is 7. The number of amides is 2. The number of carbonyl (C=O) groups excluding carboxylic acids is 2. The van der Waals surface area contributed by atoms with Crippen LogP contribution in [0.5, 0.6) is 0 Å². The van der Waals surface area contributed by atoms with E-state index in [0.717, 1.165) is 11.4 Å². The number of hydrogen-bond acceptors (Lipinski definition) is 6. The van der Waals surface area contributed by atoms with Gasteiger partial charge in [-0.25, -0.2) is 0 Å². The molecule has 0 saturated carbocycles. The van der Waals surface area contributed by atoms with E-state index in [2.05, 4.69) is 36.3 Å². The molecule has 1 aliphatic heterocycles. The molecule has 1 aromatic rings. The molecular weight excluding hydrogens is 328 g/mol. The summed E-state index contributed by atoms with van der Waals surface area (Å²) in [6.45, 7) is 9.10. The fourth-order valence-electron chi connectivity index (χ4n) is 2.57. The molecule has 2 unspecified atom stereocenters. The number of ether oxygens (including phenoxy) is 1. The molecule has 7 nitrogen and oxygen atoms in total. The van der Waals surface area contributed by atoms with E-state index in [-0.39, 0.29) is 35.6 Å². The monoisotopic (exact) mass is 354 g/mol. The average Bonchev–Trinajstić information content (AvgIpc) is 3.14. The van der Waals surface area contributed by atoms with E-state index in [0.29, 0.717) is 18.3 Å². The van der Waals surface area contributed by atoms with E-state index in [9.17, 15) is 9.59 Å². The van der Waals surface area contributed by atoms with Crippen molar-refractivity contribution in [3.05, 3.63) is 5.01 Å². The minimum Gasteiger partial charge on any atom is -0.383 e. The SMILES string of the molecule is CCC(C)(C)c1nnc(NC(=O)C2CC(=O)N(C(C)COC)C2)s1. The molecule has 0 aliphatic carbocycles. The van der Waals surface area contributed by atoms with Crippen molar-refractivity contribution in [1.29, 1.82) is 0 Å². The molecule has 0 radical (unpaired) electrons. The summed E-state index contributed by atoms with van der Waals surface area (Å²) in [6, 6.07) is -0.0289. The Morgan fingerprint density at radius 2 is 2.21 bits per heavy atom. The van der Waals surface area contributed by atoms with Gasteiger partial charge >= 0.3 is 0 Å². The Balaban J connectivity index is 1.97. The minimum absolute atomic E-state index is 0.00947. The molecule has 2 atom stereocenters. The highest BCUT2D eigenvalue weighted by Crippen LogP contribution is 2.31. The van der Waals surface area contributed by atoms with Gasteiger partial charge in [-0.15, -0.1) is 10.2 Å². The summed E-state index contributed by atoms with van der Waals surface area (Å²) in [5.74, 6) is -0.541. The highest BCUT2D eigenvalue weighted by atomic mass is 32.1. The lowest BCUT2D eigenvalue weighted by Gasteiger charge is -2.23. The smallest absolute Gasteiger partial charge is 0.231 e. The number of methoxy groups -OCH3 is 1. The maximum Gasteiger partial charge on any atom is 0.231 e. The van der Waals surface area contributed by atoms with Crippen LogP contribution in [0.2, 0.25) is 0 Å². The van der Waals surface area contributed by atoms with Crippen molar-refractivity contribution in [2.45, 2.75) is 52.0 Å². The molecule has 134 valence electrons. The number of hydrogen-bond donors (Lipinski definition) is 1. The van der Waals surface area contributed by atoms with Gasteiger partial charge < -0.3 is 15.0 Å². The van der Waals surface area contributed by atoms with Crippen molar-refractivity contribution in [2.24, 2.45) is 5.92 Å². The van der Waals surface area contributed by atoms with Gasteiger partial charge in [0.25, 0.3) is 0 Å². The van der Waals surface area contributed by atoms with Gasteiger partial charge in [0.1, 0.15) is 5.01 Å². The molecule has 2 heterocycles. The van der Waals surface area contributed by atoms with Crippen molar-refractivity contribution in [3.8, 4) is 0 Å². The molecule has 1 aromatic heterocycles. The zero-order valence-electron chi connectivity index (χ0n) is 15.0. The highest BCUT2D eigenvalue weighted by molar-refractivity contribution is 7.15. The Morgan fingerprint density at radius 3 is 2.83 bits per heavy atom. The third kappa shape index (κ3) is 4.10. The third-order valence-corrected chi connectivity index (χ3v) is 5.79. The molecule has 1 saturated heterocycles. The molecule has 2 rings (SSSR count). The van der Waals surface area contributed by atoms with Gasteiger partial charge in [0.05, 0.1) is 18.6 Å². The topological polar surface area (TPSA) is 84.4 Å². The normalized spacial score (nSPS) is 19.6. The second-order valence-electron chi connectivity index (χ2n) is 6.89. The van der Waals surface area contributed by atoms with Gasteiger partial charge in [-0.05, 0) is 13.3 Å². The van der Waals surface area contributed by atoms with Crippen LogP contribution in [0.15, 0.2) is 0 Å². The van der Waals surface area contributed by atoms with Crippen LogP contribution in [0.3, 0.4) is 0 Å². The van der Waals surface area contributed by atoms with Crippen molar-refractivity contribution >= 4 is 28.3 Å². The van der Waals surface area contributed by atoms with Crippen LogP contribution in [0, 0.1) is 5.92 Å². The number of nitrogens with one attached hydrogen (secondary N) is 1. The van der Waals surface area contributed by atoms with Crippen LogP contribution in [0.4, 0.5) is 5.13 Å². The molecule has 24 heavy (non-hydrogen) atoms. The summed E-state index contributed by atoms with van der Waals surface area (Å²) >= 11 is 1.39. The standard InChI is InChI=1S/C16H26N4O3S/c1-6-16(3,4)14-18-19-15(24-14)17-13(22)11-7-12(21)20(8-11)10(2)9-23-5/h10-11H,6-9H2,1-5H3,(H,17,19,22). The second kappa shape index (κ2) is 7.57. The minimum atomic E-state index is -0.358. The Kier molecular flexibility index (Phi) is 5.92. The Hall–Kier alpha value is -1.54. The largest absolute Gasteiger partial charge is 0.383 e. The molecule has 1 N–H and O–H groups in total. The predicted molar refractivity (Wildman–Crippen MR) is 93.0 cm³/mol. The number of likely N-dealkylation sites (tertiary alicyclic amines) is 1. The van der Waals surface area contributed by atoms with Gasteiger partial charge in [-0.2, -0.15) is 0 Å². The fourth-order valence-corrected chi connectivity index (χ4v) is 3.49. The van der Waals surface area contributed by atoms with Gasteiger partial charge in [-0.1, -0.05) is 32.1 Å². The summed E-state index contributed by atoms with van der Waals surface area (Å²) in [7, 11) is 1.60. The molecule has 8 heteroatoms. The highest BCUT2D eigenvalue weighted by Gasteiger charge is 2.37. The van der Waals surface area contributed by atoms with Gasteiger partial charge in [-0.3, -0.25) is 9.59 Å². The van der Waals surface area contributed by atoms with Gasteiger partial charge in [0.2, 0.25) is 16.9 Å². The molecule has 2 amide bonds. The third-order valence-electron chi connectivity index (χ3n) is 4.59. The van der Waals surface area contributed by atoms with Crippen molar-refractivity contribution < 1.29 is 14.3 Å². The van der Waals surface area contributed by atoms with Crippen molar-refractivity contribution in [1.82, 2.24) is 15.1 Å². The number of carbonyl (C=O) groups is 2. The predicted octanol–water partition coefficient (Wildman–Crippen LogP) is 2.05. The maximum absolute atomic E-state index is 12.4. The zero-order valence-corrected chi connectivity index (χ0v) is 15.8. The maximum atomic E-state index is 12.4. The first-order chi connectivity index (χ1) is 11.3. The molecule has 1 aliphatic rings. The molecule has 0 spiro atoms. The van der Waals surface area contributed by atoms with Gasteiger partial charge in [0.15, 0.2) is 0 Å².